The molecule has 0 N–H and O–H groups in total. The van der Waals surface area contributed by atoms with Gasteiger partial charge in [0.25, 0.3) is 0 Å². The SMILES string of the molecule is c1cc(CN2C[C@@H]3CCCO[C@@H]3[C@H](N3CCCC3)C2)cs1. The average molecular weight is 306 g/mol. The second kappa shape index (κ2) is 6.37. The first kappa shape index (κ1) is 14.2. The van der Waals surface area contributed by atoms with Gasteiger partial charge in [0, 0.05) is 32.3 Å². The van der Waals surface area contributed by atoms with E-state index in [-0.39, 0.29) is 0 Å². The largest absolute Gasteiger partial charge is 0.376 e. The van der Waals surface area contributed by atoms with Crippen LogP contribution in [0.3, 0.4) is 0 Å². The van der Waals surface area contributed by atoms with Crippen molar-refractivity contribution in [2.75, 3.05) is 32.8 Å². The number of hydrogen-bond acceptors (Lipinski definition) is 4. The van der Waals surface area contributed by atoms with Crippen LogP contribution < -0.4 is 0 Å². The van der Waals surface area contributed by atoms with Gasteiger partial charge in [-0.15, -0.1) is 0 Å². The Kier molecular flexibility index (Phi) is 4.30. The molecule has 0 saturated carbocycles. The molecular weight excluding hydrogens is 280 g/mol. The molecule has 0 spiro atoms. The number of ether oxygens (including phenoxy) is 1. The van der Waals surface area contributed by atoms with Crippen molar-refractivity contribution in [3.05, 3.63) is 22.4 Å². The molecule has 3 saturated heterocycles. The monoisotopic (exact) mass is 306 g/mol. The lowest BCUT2D eigenvalue weighted by molar-refractivity contribution is -0.112. The van der Waals surface area contributed by atoms with Crippen LogP contribution in [-0.4, -0.2) is 54.7 Å². The molecule has 1 aromatic heterocycles. The van der Waals surface area contributed by atoms with E-state index < -0.39 is 0 Å². The van der Waals surface area contributed by atoms with E-state index in [1.54, 1.807) is 0 Å². The third kappa shape index (κ3) is 3.04. The zero-order chi connectivity index (χ0) is 14.1. The Labute approximate surface area is 131 Å². The van der Waals surface area contributed by atoms with E-state index in [4.69, 9.17) is 4.74 Å². The number of piperidine rings is 1. The van der Waals surface area contributed by atoms with E-state index in [0.717, 1.165) is 19.1 Å². The average Bonchev–Trinajstić information content (AvgIpc) is 3.20. The van der Waals surface area contributed by atoms with Crippen LogP contribution in [0.15, 0.2) is 16.8 Å². The number of hydrogen-bond donors (Lipinski definition) is 0. The highest BCUT2D eigenvalue weighted by molar-refractivity contribution is 7.07. The van der Waals surface area contributed by atoms with Crippen LogP contribution in [0.1, 0.15) is 31.2 Å². The van der Waals surface area contributed by atoms with E-state index in [1.165, 1.54) is 57.4 Å². The first-order chi connectivity index (χ1) is 10.4. The van der Waals surface area contributed by atoms with Gasteiger partial charge < -0.3 is 4.74 Å². The summed E-state index contributed by atoms with van der Waals surface area (Å²) in [5.41, 5.74) is 1.48. The summed E-state index contributed by atoms with van der Waals surface area (Å²) < 4.78 is 6.22. The zero-order valence-corrected chi connectivity index (χ0v) is 13.6. The van der Waals surface area contributed by atoms with Crippen molar-refractivity contribution in [3.8, 4) is 0 Å². The molecule has 4 heterocycles. The molecule has 116 valence electrons. The number of fused-ring (bicyclic) bond motifs is 1. The van der Waals surface area contributed by atoms with Crippen LogP contribution in [-0.2, 0) is 11.3 Å². The first-order valence-corrected chi connectivity index (χ1v) is 9.43. The van der Waals surface area contributed by atoms with Crippen LogP contribution >= 0.6 is 11.3 Å². The Morgan fingerprint density at radius 2 is 2.10 bits per heavy atom. The predicted octanol–water partition coefficient (Wildman–Crippen LogP) is 2.82. The van der Waals surface area contributed by atoms with Gasteiger partial charge in [0.15, 0.2) is 0 Å². The molecule has 1 aromatic rings. The van der Waals surface area contributed by atoms with E-state index in [2.05, 4.69) is 26.6 Å². The normalized spacial score (nSPS) is 35.0. The molecule has 3 atom stereocenters. The fraction of sp³-hybridized carbons (Fsp3) is 0.765. The lowest BCUT2D eigenvalue weighted by atomic mass is 9.84. The second-order valence-electron chi connectivity index (χ2n) is 6.87. The maximum atomic E-state index is 6.22. The molecular formula is C17H26N2OS. The summed E-state index contributed by atoms with van der Waals surface area (Å²) in [6.07, 6.45) is 5.85. The summed E-state index contributed by atoms with van der Waals surface area (Å²) in [6.45, 7) is 7.09. The van der Waals surface area contributed by atoms with Crippen molar-refractivity contribution in [2.24, 2.45) is 5.92 Å². The van der Waals surface area contributed by atoms with Gasteiger partial charge in [0.2, 0.25) is 0 Å². The molecule has 0 aromatic carbocycles. The van der Waals surface area contributed by atoms with Crippen LogP contribution in [0.5, 0.6) is 0 Å². The van der Waals surface area contributed by atoms with Crippen molar-refractivity contribution in [3.63, 3.8) is 0 Å². The highest BCUT2D eigenvalue weighted by Gasteiger charge is 2.42. The Bertz CT molecular complexity index is 444. The van der Waals surface area contributed by atoms with E-state index in [0.29, 0.717) is 12.1 Å². The van der Waals surface area contributed by atoms with Gasteiger partial charge in [0.05, 0.1) is 6.10 Å². The summed E-state index contributed by atoms with van der Waals surface area (Å²) >= 11 is 1.82. The quantitative estimate of drug-likeness (QED) is 0.854. The standard InChI is InChI=1S/C17H26N2OS/c1-2-7-19(6-1)16-12-18(10-14-5-9-21-13-14)11-15-4-3-8-20-17(15)16/h5,9,13,15-17H,1-4,6-8,10-12H2/t15-,16+,17-/m0/s1. The van der Waals surface area contributed by atoms with Crippen LogP contribution in [0.4, 0.5) is 0 Å². The molecule has 0 aliphatic carbocycles. The van der Waals surface area contributed by atoms with Crippen LogP contribution in [0.2, 0.25) is 0 Å². The Balaban J connectivity index is 1.49. The highest BCUT2D eigenvalue weighted by atomic mass is 32.1. The van der Waals surface area contributed by atoms with Gasteiger partial charge in [-0.05, 0) is 67.1 Å². The molecule has 3 aliphatic heterocycles. The lowest BCUT2D eigenvalue weighted by Gasteiger charge is -2.48. The molecule has 0 unspecified atom stereocenters. The minimum atomic E-state index is 0.496. The van der Waals surface area contributed by atoms with E-state index in [9.17, 15) is 0 Å². The summed E-state index contributed by atoms with van der Waals surface area (Å²) in [5.74, 6) is 0.747. The molecule has 0 amide bonds. The second-order valence-corrected chi connectivity index (χ2v) is 7.65. The van der Waals surface area contributed by atoms with Crippen molar-refractivity contribution >= 4 is 11.3 Å². The highest BCUT2D eigenvalue weighted by Crippen LogP contribution is 2.33. The minimum Gasteiger partial charge on any atom is -0.376 e. The predicted molar refractivity (Wildman–Crippen MR) is 86.7 cm³/mol. The van der Waals surface area contributed by atoms with Crippen LogP contribution in [0.25, 0.3) is 0 Å². The summed E-state index contributed by atoms with van der Waals surface area (Å²) in [5, 5.41) is 4.50. The van der Waals surface area contributed by atoms with Crippen molar-refractivity contribution in [1.82, 2.24) is 9.80 Å². The van der Waals surface area contributed by atoms with E-state index in [1.807, 2.05) is 11.3 Å². The van der Waals surface area contributed by atoms with Crippen molar-refractivity contribution in [2.45, 2.75) is 44.4 Å². The number of nitrogens with zero attached hydrogens (tertiary/aromatic N) is 2. The Hall–Kier alpha value is -0.420. The van der Waals surface area contributed by atoms with Gasteiger partial charge in [-0.2, -0.15) is 11.3 Å². The molecule has 21 heavy (non-hydrogen) atoms. The molecule has 0 radical (unpaired) electrons. The Morgan fingerprint density at radius 3 is 2.90 bits per heavy atom. The molecule has 4 heteroatoms. The third-order valence-corrected chi connectivity index (χ3v) is 6.14. The molecule has 3 aliphatic rings. The van der Waals surface area contributed by atoms with Gasteiger partial charge in [0.1, 0.15) is 0 Å². The fourth-order valence-electron chi connectivity index (χ4n) is 4.43. The van der Waals surface area contributed by atoms with Crippen molar-refractivity contribution in [1.29, 1.82) is 0 Å². The summed E-state index contributed by atoms with van der Waals surface area (Å²) in [4.78, 5) is 5.39. The van der Waals surface area contributed by atoms with Gasteiger partial charge >= 0.3 is 0 Å². The van der Waals surface area contributed by atoms with Gasteiger partial charge in [-0.25, -0.2) is 0 Å². The molecule has 4 rings (SSSR count). The molecule has 3 fully saturated rings. The molecule has 0 bridgehead atoms. The van der Waals surface area contributed by atoms with Crippen LogP contribution in [0, 0.1) is 5.92 Å². The maximum absolute atomic E-state index is 6.22. The number of thiophene rings is 1. The third-order valence-electron chi connectivity index (χ3n) is 5.41. The number of rotatable bonds is 3. The fourth-order valence-corrected chi connectivity index (χ4v) is 5.09. The summed E-state index contributed by atoms with van der Waals surface area (Å²) in [6, 6.07) is 2.91. The van der Waals surface area contributed by atoms with Gasteiger partial charge in [-0.3, -0.25) is 9.80 Å². The molecule has 3 nitrogen and oxygen atoms in total. The number of likely N-dealkylation sites (tertiary alicyclic amines) is 2. The first-order valence-electron chi connectivity index (χ1n) is 8.49. The zero-order valence-electron chi connectivity index (χ0n) is 12.7. The lowest BCUT2D eigenvalue weighted by Crippen LogP contribution is -2.60. The Morgan fingerprint density at radius 1 is 1.19 bits per heavy atom. The van der Waals surface area contributed by atoms with Crippen molar-refractivity contribution < 1.29 is 4.74 Å². The topological polar surface area (TPSA) is 15.7 Å². The van der Waals surface area contributed by atoms with E-state index >= 15 is 0 Å². The summed E-state index contributed by atoms with van der Waals surface area (Å²) in [7, 11) is 0. The maximum Gasteiger partial charge on any atom is 0.0782 e. The minimum absolute atomic E-state index is 0.496. The van der Waals surface area contributed by atoms with Gasteiger partial charge in [-0.1, -0.05) is 0 Å². The smallest absolute Gasteiger partial charge is 0.0782 e.